The number of rotatable bonds is 13. The Morgan fingerprint density at radius 2 is 1.51 bits per heavy atom. The lowest BCUT2D eigenvalue weighted by molar-refractivity contribution is -0.140. The molecule has 0 aliphatic rings. The van der Waals surface area contributed by atoms with E-state index in [0.717, 1.165) is 9.87 Å². The molecule has 0 spiro atoms. The van der Waals surface area contributed by atoms with Crippen molar-refractivity contribution in [2.75, 3.05) is 24.5 Å². The summed E-state index contributed by atoms with van der Waals surface area (Å²) in [4.78, 5) is 29.3. The van der Waals surface area contributed by atoms with Gasteiger partial charge in [-0.1, -0.05) is 77.3 Å². The first-order valence-corrected chi connectivity index (χ1v) is 16.6. The molecule has 236 valence electrons. The van der Waals surface area contributed by atoms with Gasteiger partial charge in [0.05, 0.1) is 17.7 Å². The van der Waals surface area contributed by atoms with Crippen LogP contribution in [0.15, 0.2) is 102 Å². The van der Waals surface area contributed by atoms with Crippen LogP contribution in [-0.4, -0.2) is 51.4 Å². The second kappa shape index (κ2) is 15.5. The van der Waals surface area contributed by atoms with Crippen molar-refractivity contribution in [2.45, 2.75) is 30.8 Å². The van der Waals surface area contributed by atoms with Crippen molar-refractivity contribution >= 4 is 62.3 Å². The number of methoxy groups -OCH3 is 1. The van der Waals surface area contributed by atoms with Crippen LogP contribution in [0.3, 0.4) is 0 Å². The zero-order chi connectivity index (χ0) is 32.6. The van der Waals surface area contributed by atoms with E-state index in [4.69, 9.17) is 39.5 Å². The first-order chi connectivity index (χ1) is 21.5. The number of benzene rings is 4. The summed E-state index contributed by atoms with van der Waals surface area (Å²) < 4.78 is 34.4. The van der Waals surface area contributed by atoms with Crippen molar-refractivity contribution in [3.8, 4) is 5.75 Å². The number of amides is 2. The molecule has 4 aromatic carbocycles. The second-order valence-electron chi connectivity index (χ2n) is 9.99. The summed E-state index contributed by atoms with van der Waals surface area (Å²) in [5.74, 6) is -0.603. The number of nitrogens with one attached hydrogen (secondary N) is 1. The van der Waals surface area contributed by atoms with Gasteiger partial charge in [0.1, 0.15) is 18.3 Å². The number of carbonyl (C=O) groups excluding carboxylic acids is 2. The number of ether oxygens (including phenoxy) is 1. The molecule has 4 rings (SSSR count). The van der Waals surface area contributed by atoms with Gasteiger partial charge in [-0.05, 0) is 67.1 Å². The molecule has 1 unspecified atom stereocenters. The summed E-state index contributed by atoms with van der Waals surface area (Å²) in [6.07, 6.45) is 0.156. The first-order valence-electron chi connectivity index (χ1n) is 14.0. The second-order valence-corrected chi connectivity index (χ2v) is 13.1. The molecule has 0 bridgehead atoms. The molecule has 0 radical (unpaired) electrons. The Hall–Kier alpha value is -3.76. The Balaban J connectivity index is 1.83. The normalized spacial score (nSPS) is 11.8. The quantitative estimate of drug-likeness (QED) is 0.170. The minimum absolute atomic E-state index is 0.0682. The lowest BCUT2D eigenvalue weighted by Gasteiger charge is -2.34. The first kappa shape index (κ1) is 34.1. The third-order valence-electron chi connectivity index (χ3n) is 7.03. The number of sulfonamides is 1. The van der Waals surface area contributed by atoms with E-state index in [0.29, 0.717) is 27.9 Å². The fraction of sp³-hybridized carbons (Fsp3) is 0.212. The van der Waals surface area contributed by atoms with E-state index in [1.807, 2.05) is 30.3 Å². The topological polar surface area (TPSA) is 96.0 Å². The molecule has 0 aromatic heterocycles. The van der Waals surface area contributed by atoms with Crippen LogP contribution < -0.4 is 14.4 Å². The molecule has 0 aliphatic carbocycles. The maximum absolute atomic E-state index is 14.5. The summed E-state index contributed by atoms with van der Waals surface area (Å²) in [5, 5.41) is 3.69. The van der Waals surface area contributed by atoms with E-state index in [2.05, 4.69) is 5.32 Å². The molecule has 0 saturated heterocycles. The lowest BCUT2D eigenvalue weighted by Crippen LogP contribution is -2.53. The SMILES string of the molecule is CCNC(=O)C(Cc1ccccc1)N(Cc1c(Cl)cccc1Cl)C(=O)CN(c1cccc(Cl)c1)S(=O)(=O)c1ccc(OC)cc1. The smallest absolute Gasteiger partial charge is 0.264 e. The van der Waals surface area contributed by atoms with Crippen molar-refractivity contribution in [1.29, 1.82) is 0 Å². The summed E-state index contributed by atoms with van der Waals surface area (Å²) in [6, 6.07) is 25.1. The minimum Gasteiger partial charge on any atom is -0.497 e. The molecule has 0 heterocycles. The summed E-state index contributed by atoms with van der Waals surface area (Å²) >= 11 is 19.3. The fourth-order valence-corrected chi connectivity index (χ4v) is 6.84. The Kier molecular flexibility index (Phi) is 11.7. The molecule has 8 nitrogen and oxygen atoms in total. The Bertz CT molecular complexity index is 1720. The van der Waals surface area contributed by atoms with Gasteiger partial charge in [-0.2, -0.15) is 0 Å². The van der Waals surface area contributed by atoms with Crippen LogP contribution in [0, 0.1) is 0 Å². The molecular formula is C33H32Cl3N3O5S. The number of anilines is 1. The minimum atomic E-state index is -4.31. The molecule has 45 heavy (non-hydrogen) atoms. The highest BCUT2D eigenvalue weighted by molar-refractivity contribution is 7.92. The predicted molar refractivity (Wildman–Crippen MR) is 179 cm³/mol. The molecule has 1 N–H and O–H groups in total. The summed E-state index contributed by atoms with van der Waals surface area (Å²) in [5.41, 5.74) is 1.39. The zero-order valence-corrected chi connectivity index (χ0v) is 27.7. The molecule has 0 fully saturated rings. The Morgan fingerprint density at radius 1 is 0.867 bits per heavy atom. The van der Waals surface area contributed by atoms with E-state index in [-0.39, 0.29) is 28.6 Å². The number of likely N-dealkylation sites (N-methyl/N-ethyl adjacent to an activating group) is 1. The maximum Gasteiger partial charge on any atom is 0.264 e. The highest BCUT2D eigenvalue weighted by atomic mass is 35.5. The van der Waals surface area contributed by atoms with Crippen LogP contribution in [0.2, 0.25) is 15.1 Å². The molecule has 2 amide bonds. The van der Waals surface area contributed by atoms with Crippen molar-refractivity contribution in [3.05, 3.63) is 123 Å². The standard InChI is InChI=1S/C33H32Cl3N3O5S/c1-3-37-33(41)31(19-23-9-5-4-6-10-23)38(21-28-29(35)13-8-14-30(28)36)32(40)22-39(25-12-7-11-24(34)20-25)45(42,43)27-17-15-26(44-2)16-18-27/h4-18,20,31H,3,19,21-22H2,1-2H3,(H,37,41). The Labute approximate surface area is 278 Å². The van der Waals surface area contributed by atoms with Crippen molar-refractivity contribution in [1.82, 2.24) is 10.2 Å². The highest BCUT2D eigenvalue weighted by Gasteiger charge is 2.35. The van der Waals surface area contributed by atoms with E-state index >= 15 is 0 Å². The highest BCUT2D eigenvalue weighted by Crippen LogP contribution is 2.30. The van der Waals surface area contributed by atoms with Crippen LogP contribution in [0.25, 0.3) is 0 Å². The van der Waals surface area contributed by atoms with Gasteiger partial charge < -0.3 is 15.0 Å². The van der Waals surface area contributed by atoms with Gasteiger partial charge in [0.15, 0.2) is 0 Å². The monoisotopic (exact) mass is 687 g/mol. The molecule has 0 aliphatic heterocycles. The van der Waals surface area contributed by atoms with Crippen LogP contribution in [0.4, 0.5) is 5.69 Å². The van der Waals surface area contributed by atoms with Crippen LogP contribution in [0.1, 0.15) is 18.1 Å². The van der Waals surface area contributed by atoms with Gasteiger partial charge in [-0.3, -0.25) is 13.9 Å². The number of hydrogen-bond donors (Lipinski definition) is 1. The number of hydrogen-bond acceptors (Lipinski definition) is 5. The summed E-state index contributed by atoms with van der Waals surface area (Å²) in [6.45, 7) is 1.29. The third kappa shape index (κ3) is 8.49. The van der Waals surface area contributed by atoms with Crippen LogP contribution in [-0.2, 0) is 32.6 Å². The average molecular weight is 689 g/mol. The van der Waals surface area contributed by atoms with Crippen molar-refractivity contribution < 1.29 is 22.7 Å². The van der Waals surface area contributed by atoms with Crippen LogP contribution >= 0.6 is 34.8 Å². The van der Waals surface area contributed by atoms with Crippen molar-refractivity contribution in [2.24, 2.45) is 0 Å². The van der Waals surface area contributed by atoms with E-state index in [1.54, 1.807) is 43.3 Å². The maximum atomic E-state index is 14.5. The number of carbonyl (C=O) groups is 2. The Morgan fingerprint density at radius 3 is 2.11 bits per heavy atom. The van der Waals surface area contributed by atoms with Gasteiger partial charge in [0.2, 0.25) is 11.8 Å². The molecular weight excluding hydrogens is 657 g/mol. The fourth-order valence-electron chi connectivity index (χ4n) is 4.73. The van der Waals surface area contributed by atoms with E-state index < -0.39 is 34.4 Å². The molecule has 4 aromatic rings. The number of halogens is 3. The van der Waals surface area contributed by atoms with Gasteiger partial charge >= 0.3 is 0 Å². The zero-order valence-electron chi connectivity index (χ0n) is 24.6. The molecule has 12 heteroatoms. The van der Waals surface area contributed by atoms with Gasteiger partial charge in [-0.15, -0.1) is 0 Å². The number of nitrogens with zero attached hydrogens (tertiary/aromatic N) is 2. The largest absolute Gasteiger partial charge is 0.497 e. The summed E-state index contributed by atoms with van der Waals surface area (Å²) in [7, 11) is -2.84. The molecule has 1 atom stereocenters. The third-order valence-corrected chi connectivity index (χ3v) is 9.77. The predicted octanol–water partition coefficient (Wildman–Crippen LogP) is 6.63. The molecule has 0 saturated carbocycles. The van der Waals surface area contributed by atoms with Crippen molar-refractivity contribution in [3.63, 3.8) is 0 Å². The average Bonchev–Trinajstić information content (AvgIpc) is 3.03. The van der Waals surface area contributed by atoms with Crippen LogP contribution in [0.5, 0.6) is 5.75 Å². The lowest BCUT2D eigenvalue weighted by atomic mass is 10.0. The van der Waals surface area contributed by atoms with E-state index in [1.165, 1.54) is 42.3 Å². The van der Waals surface area contributed by atoms with E-state index in [9.17, 15) is 18.0 Å². The van der Waals surface area contributed by atoms with Gasteiger partial charge in [-0.25, -0.2) is 8.42 Å². The van der Waals surface area contributed by atoms with Gasteiger partial charge in [0, 0.05) is 40.1 Å². The van der Waals surface area contributed by atoms with Gasteiger partial charge in [0.25, 0.3) is 10.0 Å².